The van der Waals surface area contributed by atoms with Crippen LogP contribution in [-0.2, 0) is 12.8 Å². The fourth-order valence-corrected chi connectivity index (χ4v) is 1.80. The normalized spacial score (nSPS) is 10.4. The van der Waals surface area contributed by atoms with E-state index in [1.807, 2.05) is 19.1 Å². The molecular weight excluding hydrogens is 243 g/mol. The van der Waals surface area contributed by atoms with Gasteiger partial charge in [0.25, 0.3) is 0 Å². The molecule has 2 rings (SSSR count). The van der Waals surface area contributed by atoms with Gasteiger partial charge in [0.05, 0.1) is 6.42 Å². The van der Waals surface area contributed by atoms with Crippen molar-refractivity contribution in [2.75, 3.05) is 5.73 Å². The van der Waals surface area contributed by atoms with E-state index in [2.05, 4.69) is 4.98 Å². The molecule has 19 heavy (non-hydrogen) atoms. The summed E-state index contributed by atoms with van der Waals surface area (Å²) in [6.07, 6.45) is 2.77. The van der Waals surface area contributed by atoms with Crippen molar-refractivity contribution in [1.29, 1.82) is 0 Å². The molecule has 0 bridgehead atoms. The van der Waals surface area contributed by atoms with E-state index in [1.54, 1.807) is 6.20 Å². The molecule has 1 heterocycles. The molecule has 2 N–H and O–H groups in total. The molecule has 2 aromatic rings. The molecule has 0 radical (unpaired) electrons. The second-order valence-electron chi connectivity index (χ2n) is 4.34. The van der Waals surface area contributed by atoms with Crippen LogP contribution >= 0.6 is 0 Å². The fourth-order valence-electron chi connectivity index (χ4n) is 1.80. The van der Waals surface area contributed by atoms with Gasteiger partial charge in [-0.05, 0) is 36.2 Å². The Morgan fingerprint density at radius 2 is 2.11 bits per heavy atom. The molecule has 0 aliphatic carbocycles. The maximum Gasteiger partial charge on any atom is 0.170 e. The summed E-state index contributed by atoms with van der Waals surface area (Å²) < 4.78 is 13.1. The predicted molar refractivity (Wildman–Crippen MR) is 72.5 cm³/mol. The van der Waals surface area contributed by atoms with Crippen molar-refractivity contribution in [1.82, 2.24) is 4.98 Å². The van der Waals surface area contributed by atoms with Gasteiger partial charge in [0.1, 0.15) is 5.82 Å². The summed E-state index contributed by atoms with van der Waals surface area (Å²) in [5.74, 6) is -0.694. The molecule has 1 aromatic heterocycles. The van der Waals surface area contributed by atoms with Crippen LogP contribution in [0, 0.1) is 5.82 Å². The van der Waals surface area contributed by atoms with Gasteiger partial charge in [0.15, 0.2) is 5.78 Å². The van der Waals surface area contributed by atoms with Crippen molar-refractivity contribution in [2.24, 2.45) is 0 Å². The van der Waals surface area contributed by atoms with Crippen molar-refractivity contribution in [3.63, 3.8) is 0 Å². The van der Waals surface area contributed by atoms with Crippen LogP contribution in [0.25, 0.3) is 0 Å². The SMILES string of the molecule is CCc1ccc(CC(=O)c2cc(F)ccc2N)nc1. The Labute approximate surface area is 111 Å². The summed E-state index contributed by atoms with van der Waals surface area (Å²) in [7, 11) is 0. The lowest BCUT2D eigenvalue weighted by Crippen LogP contribution is -2.08. The van der Waals surface area contributed by atoms with Gasteiger partial charge in [-0.25, -0.2) is 4.39 Å². The molecule has 0 aliphatic heterocycles. The Balaban J connectivity index is 2.18. The zero-order chi connectivity index (χ0) is 13.8. The zero-order valence-electron chi connectivity index (χ0n) is 10.7. The highest BCUT2D eigenvalue weighted by Gasteiger charge is 2.12. The minimum absolute atomic E-state index is 0.123. The molecule has 0 saturated carbocycles. The summed E-state index contributed by atoms with van der Waals surface area (Å²) in [6, 6.07) is 7.55. The third kappa shape index (κ3) is 3.16. The van der Waals surface area contributed by atoms with Crippen molar-refractivity contribution in [3.8, 4) is 0 Å². The topological polar surface area (TPSA) is 56.0 Å². The van der Waals surface area contributed by atoms with Gasteiger partial charge in [-0.3, -0.25) is 9.78 Å². The quantitative estimate of drug-likeness (QED) is 0.677. The number of pyridine rings is 1. The number of nitrogens with zero attached hydrogens (tertiary/aromatic N) is 1. The van der Waals surface area contributed by atoms with Crippen LogP contribution in [0.4, 0.5) is 10.1 Å². The number of anilines is 1. The van der Waals surface area contributed by atoms with Crippen LogP contribution in [0.15, 0.2) is 36.5 Å². The number of hydrogen-bond acceptors (Lipinski definition) is 3. The highest BCUT2D eigenvalue weighted by atomic mass is 19.1. The van der Waals surface area contributed by atoms with Gasteiger partial charge in [-0.15, -0.1) is 0 Å². The Morgan fingerprint density at radius 3 is 2.74 bits per heavy atom. The third-order valence-electron chi connectivity index (χ3n) is 2.95. The van der Waals surface area contributed by atoms with E-state index in [1.165, 1.54) is 12.1 Å². The Morgan fingerprint density at radius 1 is 1.32 bits per heavy atom. The molecule has 0 fully saturated rings. The average molecular weight is 258 g/mol. The van der Waals surface area contributed by atoms with Crippen molar-refractivity contribution in [2.45, 2.75) is 19.8 Å². The lowest BCUT2D eigenvalue weighted by atomic mass is 10.0. The van der Waals surface area contributed by atoms with E-state index in [0.717, 1.165) is 18.1 Å². The van der Waals surface area contributed by atoms with Gasteiger partial charge in [0, 0.05) is 23.1 Å². The fraction of sp³-hybridized carbons (Fsp3) is 0.200. The number of carbonyl (C=O) groups excluding carboxylic acids is 1. The minimum atomic E-state index is -0.466. The van der Waals surface area contributed by atoms with Crippen LogP contribution in [0.1, 0.15) is 28.5 Å². The van der Waals surface area contributed by atoms with Gasteiger partial charge in [-0.1, -0.05) is 13.0 Å². The van der Waals surface area contributed by atoms with Gasteiger partial charge in [0.2, 0.25) is 0 Å². The van der Waals surface area contributed by atoms with E-state index in [4.69, 9.17) is 5.73 Å². The van der Waals surface area contributed by atoms with E-state index < -0.39 is 5.82 Å². The number of nitrogens with two attached hydrogens (primary N) is 1. The van der Waals surface area contributed by atoms with Gasteiger partial charge in [-0.2, -0.15) is 0 Å². The number of nitrogen functional groups attached to an aromatic ring is 1. The molecule has 0 aliphatic rings. The molecule has 0 amide bonds. The minimum Gasteiger partial charge on any atom is -0.398 e. The van der Waals surface area contributed by atoms with E-state index in [-0.39, 0.29) is 23.5 Å². The predicted octanol–water partition coefficient (Wildman–Crippen LogP) is 2.79. The molecule has 0 unspecified atom stereocenters. The Bertz CT molecular complexity index is 594. The number of benzene rings is 1. The molecule has 1 aromatic carbocycles. The summed E-state index contributed by atoms with van der Waals surface area (Å²) in [5, 5.41) is 0. The average Bonchev–Trinajstić information content (AvgIpc) is 2.42. The number of rotatable bonds is 4. The van der Waals surface area contributed by atoms with Gasteiger partial charge < -0.3 is 5.73 Å². The molecule has 0 saturated heterocycles. The summed E-state index contributed by atoms with van der Waals surface area (Å²) >= 11 is 0. The number of hydrogen-bond donors (Lipinski definition) is 1. The number of carbonyl (C=O) groups is 1. The number of Topliss-reactive ketones (excluding diaryl/α,β-unsaturated/α-hetero) is 1. The van der Waals surface area contributed by atoms with Crippen LogP contribution < -0.4 is 5.73 Å². The Hall–Kier alpha value is -2.23. The molecule has 4 heteroatoms. The first-order valence-corrected chi connectivity index (χ1v) is 6.12. The highest BCUT2D eigenvalue weighted by Crippen LogP contribution is 2.16. The smallest absolute Gasteiger partial charge is 0.170 e. The van der Waals surface area contributed by atoms with Crippen molar-refractivity contribution < 1.29 is 9.18 Å². The van der Waals surface area contributed by atoms with Crippen LogP contribution in [0.2, 0.25) is 0 Å². The maximum absolute atomic E-state index is 13.1. The van der Waals surface area contributed by atoms with Crippen LogP contribution in [0.3, 0.4) is 0 Å². The Kier molecular flexibility index (Phi) is 3.90. The lowest BCUT2D eigenvalue weighted by Gasteiger charge is -2.05. The summed E-state index contributed by atoms with van der Waals surface area (Å²) in [5.41, 5.74) is 7.95. The van der Waals surface area contributed by atoms with E-state index in [9.17, 15) is 9.18 Å². The first-order valence-electron chi connectivity index (χ1n) is 6.12. The largest absolute Gasteiger partial charge is 0.398 e. The summed E-state index contributed by atoms with van der Waals surface area (Å²) in [4.78, 5) is 16.3. The molecule has 0 spiro atoms. The second-order valence-corrected chi connectivity index (χ2v) is 4.34. The number of aryl methyl sites for hydroxylation is 1. The van der Waals surface area contributed by atoms with Gasteiger partial charge >= 0.3 is 0 Å². The molecular formula is C15H15FN2O. The van der Waals surface area contributed by atoms with Crippen molar-refractivity contribution >= 4 is 11.5 Å². The highest BCUT2D eigenvalue weighted by molar-refractivity contribution is 6.01. The second kappa shape index (κ2) is 5.61. The van der Waals surface area contributed by atoms with Crippen LogP contribution in [-0.4, -0.2) is 10.8 Å². The van der Waals surface area contributed by atoms with E-state index >= 15 is 0 Å². The molecule has 98 valence electrons. The zero-order valence-corrected chi connectivity index (χ0v) is 10.7. The van der Waals surface area contributed by atoms with E-state index in [0.29, 0.717) is 5.69 Å². The number of aromatic nitrogens is 1. The summed E-state index contributed by atoms with van der Waals surface area (Å²) in [6.45, 7) is 2.04. The molecule has 0 atom stereocenters. The number of halogens is 1. The van der Waals surface area contributed by atoms with Crippen LogP contribution in [0.5, 0.6) is 0 Å². The lowest BCUT2D eigenvalue weighted by molar-refractivity contribution is 0.0992. The first-order chi connectivity index (χ1) is 9.10. The monoisotopic (exact) mass is 258 g/mol. The standard InChI is InChI=1S/C15H15FN2O/c1-2-10-3-5-12(18-9-10)8-15(19)13-7-11(16)4-6-14(13)17/h3-7,9H,2,8,17H2,1H3. The first kappa shape index (κ1) is 13.2. The van der Waals surface area contributed by atoms with Crippen molar-refractivity contribution in [3.05, 3.63) is 59.2 Å². The number of ketones is 1. The third-order valence-corrected chi connectivity index (χ3v) is 2.95. The maximum atomic E-state index is 13.1. The molecule has 3 nitrogen and oxygen atoms in total.